The van der Waals surface area contributed by atoms with Crippen LogP contribution in [-0.4, -0.2) is 16.1 Å². The van der Waals surface area contributed by atoms with E-state index in [0.29, 0.717) is 28.7 Å². The van der Waals surface area contributed by atoms with Gasteiger partial charge in [0.25, 0.3) is 6.01 Å². The number of nitrogens with zero attached hydrogens (tertiary/aromatic N) is 1. The lowest BCUT2D eigenvalue weighted by atomic mass is 10.2. The minimum Gasteiger partial charge on any atom is -0.478 e. The second kappa shape index (κ2) is 5.46. The molecule has 106 valence electrons. The molecule has 5 nitrogen and oxygen atoms in total. The lowest BCUT2D eigenvalue weighted by molar-refractivity contribution is 0.0697. The predicted molar refractivity (Wildman–Crippen MR) is 79.7 cm³/mol. The minimum atomic E-state index is -0.992. The van der Waals surface area contributed by atoms with E-state index in [9.17, 15) is 4.79 Å². The van der Waals surface area contributed by atoms with Crippen LogP contribution in [0.1, 0.15) is 15.9 Å². The topological polar surface area (TPSA) is 75.4 Å². The highest BCUT2D eigenvalue weighted by molar-refractivity contribution is 6.30. The molecule has 0 unspecified atom stereocenters. The van der Waals surface area contributed by atoms with Gasteiger partial charge in [-0.15, -0.1) is 0 Å². The molecule has 0 aliphatic carbocycles. The first kappa shape index (κ1) is 13.5. The summed E-state index contributed by atoms with van der Waals surface area (Å²) >= 11 is 5.92. The van der Waals surface area contributed by atoms with Crippen LogP contribution in [0.25, 0.3) is 11.1 Å². The van der Waals surface area contributed by atoms with Gasteiger partial charge in [-0.3, -0.25) is 0 Å². The highest BCUT2D eigenvalue weighted by Crippen LogP contribution is 2.21. The van der Waals surface area contributed by atoms with Crippen molar-refractivity contribution in [3.63, 3.8) is 0 Å². The number of aromatic nitrogens is 1. The van der Waals surface area contributed by atoms with E-state index in [1.54, 1.807) is 12.1 Å². The molecule has 0 saturated carbocycles. The zero-order valence-corrected chi connectivity index (χ0v) is 11.6. The van der Waals surface area contributed by atoms with Crippen LogP contribution in [-0.2, 0) is 6.54 Å². The molecular formula is C15H11ClN2O3. The number of benzene rings is 2. The fourth-order valence-corrected chi connectivity index (χ4v) is 2.17. The Morgan fingerprint density at radius 2 is 2.14 bits per heavy atom. The molecule has 0 bridgehead atoms. The van der Waals surface area contributed by atoms with E-state index >= 15 is 0 Å². The van der Waals surface area contributed by atoms with Crippen molar-refractivity contribution >= 4 is 34.7 Å². The number of carboxylic acids is 1. The van der Waals surface area contributed by atoms with E-state index in [0.717, 1.165) is 5.56 Å². The molecule has 3 rings (SSSR count). The molecule has 0 aliphatic rings. The number of carbonyl (C=O) groups is 1. The van der Waals surface area contributed by atoms with E-state index in [4.69, 9.17) is 21.1 Å². The van der Waals surface area contributed by atoms with Gasteiger partial charge in [-0.2, -0.15) is 4.98 Å². The maximum atomic E-state index is 10.9. The Kier molecular flexibility index (Phi) is 3.50. The minimum absolute atomic E-state index is 0.178. The highest BCUT2D eigenvalue weighted by atomic mass is 35.5. The number of hydrogen-bond donors (Lipinski definition) is 2. The lowest BCUT2D eigenvalue weighted by Crippen LogP contribution is -1.99. The standard InChI is InChI=1S/C15H11ClN2O3/c16-11-3-1-2-9(6-11)8-17-15-18-12-7-10(14(19)20)4-5-13(12)21-15/h1-7H,8H2,(H,17,18)(H,19,20). The van der Waals surface area contributed by atoms with Crippen molar-refractivity contribution in [2.75, 3.05) is 5.32 Å². The largest absolute Gasteiger partial charge is 0.478 e. The fraction of sp³-hybridized carbons (Fsp3) is 0.0667. The van der Waals surface area contributed by atoms with E-state index < -0.39 is 5.97 Å². The van der Waals surface area contributed by atoms with Gasteiger partial charge in [0.2, 0.25) is 0 Å². The lowest BCUT2D eigenvalue weighted by Gasteiger charge is -2.01. The van der Waals surface area contributed by atoms with Gasteiger partial charge in [-0.25, -0.2) is 4.79 Å². The summed E-state index contributed by atoms with van der Waals surface area (Å²) in [6.45, 7) is 0.513. The number of carboxylic acid groups (broad SMARTS) is 1. The van der Waals surface area contributed by atoms with E-state index in [1.807, 2.05) is 18.2 Å². The normalized spacial score (nSPS) is 10.7. The number of oxazole rings is 1. The molecule has 1 heterocycles. The van der Waals surface area contributed by atoms with Gasteiger partial charge in [0.05, 0.1) is 5.56 Å². The second-order valence-electron chi connectivity index (χ2n) is 4.49. The van der Waals surface area contributed by atoms with Gasteiger partial charge in [-0.05, 0) is 35.9 Å². The third-order valence-corrected chi connectivity index (χ3v) is 3.20. The number of hydrogen-bond acceptors (Lipinski definition) is 4. The Morgan fingerprint density at radius 1 is 1.29 bits per heavy atom. The Bertz CT molecular complexity index is 814. The summed E-state index contributed by atoms with van der Waals surface area (Å²) in [4.78, 5) is 15.1. The van der Waals surface area contributed by atoms with Crippen LogP contribution in [0.2, 0.25) is 5.02 Å². The molecule has 0 radical (unpaired) electrons. The summed E-state index contributed by atoms with van der Waals surface area (Å²) in [5.74, 6) is -0.992. The Balaban J connectivity index is 1.80. The molecule has 6 heteroatoms. The van der Waals surface area contributed by atoms with Crippen LogP contribution in [0.4, 0.5) is 6.01 Å². The van der Waals surface area contributed by atoms with Crippen LogP contribution >= 0.6 is 11.6 Å². The fourth-order valence-electron chi connectivity index (χ4n) is 1.96. The Morgan fingerprint density at radius 3 is 2.90 bits per heavy atom. The number of nitrogens with one attached hydrogen (secondary N) is 1. The second-order valence-corrected chi connectivity index (χ2v) is 4.93. The maximum absolute atomic E-state index is 10.9. The first-order valence-corrected chi connectivity index (χ1v) is 6.62. The molecular weight excluding hydrogens is 292 g/mol. The molecule has 1 aromatic heterocycles. The molecule has 3 aromatic rings. The zero-order chi connectivity index (χ0) is 14.8. The number of aromatic carboxylic acids is 1. The van der Waals surface area contributed by atoms with Crippen LogP contribution in [0, 0.1) is 0 Å². The van der Waals surface area contributed by atoms with Gasteiger partial charge >= 0.3 is 5.97 Å². The molecule has 0 amide bonds. The third kappa shape index (κ3) is 2.98. The summed E-state index contributed by atoms with van der Waals surface area (Å²) in [7, 11) is 0. The number of rotatable bonds is 4. The first-order chi connectivity index (χ1) is 10.1. The molecule has 0 atom stereocenters. The summed E-state index contributed by atoms with van der Waals surface area (Å²) in [6.07, 6.45) is 0. The molecule has 2 N–H and O–H groups in total. The summed E-state index contributed by atoms with van der Waals surface area (Å²) < 4.78 is 5.51. The number of anilines is 1. The Labute approximate surface area is 125 Å². The van der Waals surface area contributed by atoms with Crippen molar-refractivity contribution in [1.29, 1.82) is 0 Å². The van der Waals surface area contributed by atoms with Crippen LogP contribution < -0.4 is 5.32 Å². The quantitative estimate of drug-likeness (QED) is 0.767. The van der Waals surface area contributed by atoms with E-state index in [1.165, 1.54) is 12.1 Å². The van der Waals surface area contributed by atoms with E-state index in [-0.39, 0.29) is 5.56 Å². The van der Waals surface area contributed by atoms with E-state index in [2.05, 4.69) is 10.3 Å². The van der Waals surface area contributed by atoms with Gasteiger partial charge < -0.3 is 14.8 Å². The molecule has 2 aromatic carbocycles. The SMILES string of the molecule is O=C(O)c1ccc2oc(NCc3cccc(Cl)c3)nc2c1. The monoisotopic (exact) mass is 302 g/mol. The number of fused-ring (bicyclic) bond motifs is 1. The van der Waals surface area contributed by atoms with Crippen molar-refractivity contribution in [3.8, 4) is 0 Å². The Hall–Kier alpha value is -2.53. The molecule has 0 spiro atoms. The zero-order valence-electron chi connectivity index (χ0n) is 10.8. The van der Waals surface area contributed by atoms with Crippen molar-refractivity contribution < 1.29 is 14.3 Å². The third-order valence-electron chi connectivity index (χ3n) is 2.97. The summed E-state index contributed by atoms with van der Waals surface area (Å²) in [5.41, 5.74) is 2.21. The molecule has 21 heavy (non-hydrogen) atoms. The van der Waals surface area contributed by atoms with Crippen molar-refractivity contribution in [3.05, 3.63) is 58.6 Å². The highest BCUT2D eigenvalue weighted by Gasteiger charge is 2.09. The predicted octanol–water partition coefficient (Wildman–Crippen LogP) is 3.79. The van der Waals surface area contributed by atoms with Gasteiger partial charge in [0, 0.05) is 11.6 Å². The van der Waals surface area contributed by atoms with Crippen molar-refractivity contribution in [2.24, 2.45) is 0 Å². The first-order valence-electron chi connectivity index (χ1n) is 6.24. The van der Waals surface area contributed by atoms with Gasteiger partial charge in [0.15, 0.2) is 5.58 Å². The average Bonchev–Trinajstić information content (AvgIpc) is 2.87. The van der Waals surface area contributed by atoms with Crippen molar-refractivity contribution in [1.82, 2.24) is 4.98 Å². The van der Waals surface area contributed by atoms with Crippen LogP contribution in [0.5, 0.6) is 0 Å². The summed E-state index contributed by atoms with van der Waals surface area (Å²) in [6, 6.07) is 12.3. The average molecular weight is 303 g/mol. The molecule has 0 saturated heterocycles. The number of halogens is 1. The van der Waals surface area contributed by atoms with Crippen LogP contribution in [0.3, 0.4) is 0 Å². The van der Waals surface area contributed by atoms with Gasteiger partial charge in [-0.1, -0.05) is 23.7 Å². The smallest absolute Gasteiger partial charge is 0.335 e. The maximum Gasteiger partial charge on any atom is 0.335 e. The van der Waals surface area contributed by atoms with Crippen LogP contribution in [0.15, 0.2) is 46.9 Å². The van der Waals surface area contributed by atoms with Crippen molar-refractivity contribution in [2.45, 2.75) is 6.54 Å². The molecule has 0 aliphatic heterocycles. The molecule has 0 fully saturated rings. The van der Waals surface area contributed by atoms with Gasteiger partial charge in [0.1, 0.15) is 5.52 Å². The summed E-state index contributed by atoms with van der Waals surface area (Å²) in [5, 5.41) is 12.6.